The number of carbonyl (C=O) groups is 4. The van der Waals surface area contributed by atoms with Crippen LogP contribution in [0.15, 0.2) is 54.6 Å². The Kier molecular flexibility index (Phi) is 7.61. The summed E-state index contributed by atoms with van der Waals surface area (Å²) in [5, 5.41) is 10.6. The molecule has 3 amide bonds. The van der Waals surface area contributed by atoms with E-state index in [4.69, 9.17) is 23.2 Å². The third-order valence-corrected chi connectivity index (χ3v) is 8.45. The number of benzene rings is 2. The first-order valence-electron chi connectivity index (χ1n) is 13.6. The number of amides is 3. The molecule has 0 radical (unpaired) electrons. The van der Waals surface area contributed by atoms with Crippen molar-refractivity contribution in [2.75, 3.05) is 10.6 Å². The summed E-state index contributed by atoms with van der Waals surface area (Å²) in [5.41, 5.74) is 0.898. The SMILES string of the molecule is CC(=O)c1nn(CC(=O)N2[C@@H]3CC[C@@H](C3)[C@H]2C(=O)Nc2cccc(Cl)n2)c2ccc(NC(=O)c3cc(F)ccc3Cl)cc12. The fraction of sp³-hybridized carbons (Fsp3) is 0.267. The number of hydrogen-bond donors (Lipinski definition) is 2. The monoisotopic (exact) mass is 622 g/mol. The molecule has 1 saturated carbocycles. The molecule has 13 heteroatoms. The molecule has 2 aliphatic rings. The highest BCUT2D eigenvalue weighted by Crippen LogP contribution is 2.43. The zero-order valence-electron chi connectivity index (χ0n) is 22.8. The van der Waals surface area contributed by atoms with Gasteiger partial charge in [0.05, 0.1) is 16.1 Å². The largest absolute Gasteiger partial charge is 0.326 e. The molecule has 43 heavy (non-hydrogen) atoms. The van der Waals surface area contributed by atoms with Gasteiger partial charge in [0.15, 0.2) is 5.78 Å². The van der Waals surface area contributed by atoms with E-state index < -0.39 is 17.8 Å². The van der Waals surface area contributed by atoms with Crippen molar-refractivity contribution < 1.29 is 23.6 Å². The van der Waals surface area contributed by atoms with E-state index in [2.05, 4.69) is 20.7 Å². The Labute approximate surface area is 255 Å². The number of rotatable bonds is 7. The van der Waals surface area contributed by atoms with Crippen LogP contribution in [0.5, 0.6) is 0 Å². The van der Waals surface area contributed by atoms with Gasteiger partial charge in [0.2, 0.25) is 11.8 Å². The number of anilines is 2. The quantitative estimate of drug-likeness (QED) is 0.211. The average Bonchev–Trinajstić information content (AvgIpc) is 3.68. The lowest BCUT2D eigenvalue weighted by atomic mass is 9.97. The molecule has 2 fully saturated rings. The summed E-state index contributed by atoms with van der Waals surface area (Å²) in [6.45, 7) is 1.16. The minimum Gasteiger partial charge on any atom is -0.326 e. The number of carbonyl (C=O) groups excluding carboxylic acids is 4. The van der Waals surface area contributed by atoms with Crippen LogP contribution in [0.1, 0.15) is 47.0 Å². The van der Waals surface area contributed by atoms with Crippen LogP contribution in [0.3, 0.4) is 0 Å². The van der Waals surface area contributed by atoms with Gasteiger partial charge in [-0.2, -0.15) is 5.10 Å². The summed E-state index contributed by atoms with van der Waals surface area (Å²) in [6, 6.07) is 12.4. The molecule has 10 nitrogen and oxygen atoms in total. The lowest BCUT2D eigenvalue weighted by Crippen LogP contribution is -2.52. The van der Waals surface area contributed by atoms with Crippen molar-refractivity contribution in [2.45, 2.75) is 44.8 Å². The molecule has 6 rings (SSSR count). The van der Waals surface area contributed by atoms with Gasteiger partial charge in [0.25, 0.3) is 5.91 Å². The van der Waals surface area contributed by atoms with E-state index in [9.17, 15) is 23.6 Å². The summed E-state index contributed by atoms with van der Waals surface area (Å²) in [7, 11) is 0. The highest BCUT2D eigenvalue weighted by Gasteiger charge is 2.51. The first-order valence-corrected chi connectivity index (χ1v) is 14.4. The zero-order chi connectivity index (χ0) is 30.4. The van der Waals surface area contributed by atoms with Crippen LogP contribution in [0.2, 0.25) is 10.2 Å². The van der Waals surface area contributed by atoms with E-state index in [1.807, 2.05) is 0 Å². The predicted octanol–water partition coefficient (Wildman–Crippen LogP) is 5.35. The molecule has 2 bridgehead atoms. The van der Waals surface area contributed by atoms with Gasteiger partial charge < -0.3 is 15.5 Å². The molecule has 4 aromatic rings. The maximum Gasteiger partial charge on any atom is 0.257 e. The van der Waals surface area contributed by atoms with Crippen molar-refractivity contribution in [3.05, 3.63) is 81.8 Å². The van der Waals surface area contributed by atoms with Crippen LogP contribution in [0, 0.1) is 11.7 Å². The molecule has 0 spiro atoms. The van der Waals surface area contributed by atoms with Gasteiger partial charge in [-0.3, -0.25) is 23.9 Å². The Morgan fingerprint density at radius 3 is 2.60 bits per heavy atom. The lowest BCUT2D eigenvalue weighted by molar-refractivity contribution is -0.141. The highest BCUT2D eigenvalue weighted by atomic mass is 35.5. The number of fused-ring (bicyclic) bond motifs is 3. The van der Waals surface area contributed by atoms with Crippen molar-refractivity contribution in [1.82, 2.24) is 19.7 Å². The summed E-state index contributed by atoms with van der Waals surface area (Å²) in [6.07, 6.45) is 2.36. The van der Waals surface area contributed by atoms with E-state index in [-0.39, 0.29) is 57.5 Å². The molecule has 220 valence electrons. The first kappa shape index (κ1) is 28.8. The van der Waals surface area contributed by atoms with E-state index >= 15 is 0 Å². The van der Waals surface area contributed by atoms with Gasteiger partial charge >= 0.3 is 0 Å². The molecule has 3 heterocycles. The molecule has 2 aromatic heterocycles. The molecular weight excluding hydrogens is 598 g/mol. The number of nitrogens with one attached hydrogen (secondary N) is 2. The minimum absolute atomic E-state index is 0.0213. The van der Waals surface area contributed by atoms with Crippen LogP contribution < -0.4 is 10.6 Å². The number of likely N-dealkylation sites (tertiary alicyclic amines) is 1. The van der Waals surface area contributed by atoms with E-state index in [0.29, 0.717) is 22.4 Å². The number of aromatic nitrogens is 3. The Morgan fingerprint density at radius 1 is 1.02 bits per heavy atom. The molecule has 3 atom stereocenters. The number of Topliss-reactive ketones (excluding diaryl/α,β-unsaturated/α-hetero) is 1. The highest BCUT2D eigenvalue weighted by molar-refractivity contribution is 6.34. The number of halogens is 3. The Balaban J connectivity index is 1.25. The van der Waals surface area contributed by atoms with Crippen LogP contribution in [0.25, 0.3) is 10.9 Å². The van der Waals surface area contributed by atoms with Crippen LogP contribution >= 0.6 is 23.2 Å². The van der Waals surface area contributed by atoms with Crippen LogP contribution in [-0.4, -0.2) is 55.3 Å². The van der Waals surface area contributed by atoms with E-state index in [1.165, 1.54) is 17.7 Å². The number of ketones is 1. The Bertz CT molecular complexity index is 1810. The number of piperidine rings is 1. The summed E-state index contributed by atoms with van der Waals surface area (Å²) in [4.78, 5) is 58.1. The molecule has 2 aromatic carbocycles. The van der Waals surface area contributed by atoms with Gasteiger partial charge in [-0.1, -0.05) is 29.3 Å². The van der Waals surface area contributed by atoms with Crippen molar-refractivity contribution in [3.8, 4) is 0 Å². The molecule has 1 aliphatic heterocycles. The number of nitrogens with zero attached hydrogens (tertiary/aromatic N) is 4. The second-order valence-electron chi connectivity index (χ2n) is 10.7. The van der Waals surface area contributed by atoms with Crippen molar-refractivity contribution in [1.29, 1.82) is 0 Å². The van der Waals surface area contributed by atoms with Gasteiger partial charge in [-0.25, -0.2) is 9.37 Å². The second kappa shape index (κ2) is 11.4. The standard InChI is InChI=1S/C30H25Cl2FN6O4/c1-15(40)27-21-13-18(34-29(42)20-12-17(33)6-9-22(20)31)7-10-23(21)38(37-27)14-26(41)39-19-8-5-16(11-19)28(39)30(43)36-25-4-2-3-24(32)35-25/h2-4,6-7,9-10,12-13,16,19,28H,5,8,11,14H2,1H3,(H,34,42)(H,35,36,43)/t16-,19+,28-/m0/s1. The minimum atomic E-state index is -0.669. The molecule has 0 unspecified atom stereocenters. The van der Waals surface area contributed by atoms with Crippen LogP contribution in [0.4, 0.5) is 15.9 Å². The predicted molar refractivity (Wildman–Crippen MR) is 159 cm³/mol. The topological polar surface area (TPSA) is 126 Å². The van der Waals surface area contributed by atoms with Gasteiger partial charge in [0.1, 0.15) is 35.1 Å². The Morgan fingerprint density at radius 2 is 1.84 bits per heavy atom. The normalized spacial score (nSPS) is 19.1. The molecular formula is C30H25Cl2FN6O4. The van der Waals surface area contributed by atoms with Crippen molar-refractivity contribution in [2.24, 2.45) is 5.92 Å². The number of hydrogen-bond acceptors (Lipinski definition) is 6. The molecule has 2 N–H and O–H groups in total. The second-order valence-corrected chi connectivity index (χ2v) is 11.5. The maximum absolute atomic E-state index is 13.7. The van der Waals surface area contributed by atoms with Crippen LogP contribution in [-0.2, 0) is 16.1 Å². The zero-order valence-corrected chi connectivity index (χ0v) is 24.3. The fourth-order valence-corrected chi connectivity index (χ4v) is 6.45. The van der Waals surface area contributed by atoms with E-state index in [0.717, 1.165) is 31.4 Å². The lowest BCUT2D eigenvalue weighted by Gasteiger charge is -2.34. The van der Waals surface area contributed by atoms with Gasteiger partial charge in [0, 0.05) is 24.0 Å². The third-order valence-electron chi connectivity index (χ3n) is 7.91. The summed E-state index contributed by atoms with van der Waals surface area (Å²) in [5.74, 6) is -1.88. The third kappa shape index (κ3) is 5.57. The average molecular weight is 623 g/mol. The Hall–Kier alpha value is -4.35. The number of pyridine rings is 1. The van der Waals surface area contributed by atoms with E-state index in [1.54, 1.807) is 41.3 Å². The fourth-order valence-electron chi connectivity index (χ4n) is 6.08. The van der Waals surface area contributed by atoms with Crippen molar-refractivity contribution in [3.63, 3.8) is 0 Å². The molecule has 1 aliphatic carbocycles. The van der Waals surface area contributed by atoms with Gasteiger partial charge in [-0.05, 0) is 73.7 Å². The molecule has 1 saturated heterocycles. The van der Waals surface area contributed by atoms with Gasteiger partial charge in [-0.15, -0.1) is 0 Å². The summed E-state index contributed by atoms with van der Waals surface area (Å²) < 4.78 is 15.1. The smallest absolute Gasteiger partial charge is 0.257 e. The van der Waals surface area contributed by atoms with Crippen molar-refractivity contribution >= 4 is 69.1 Å². The first-order chi connectivity index (χ1) is 20.6. The maximum atomic E-state index is 13.7. The summed E-state index contributed by atoms with van der Waals surface area (Å²) >= 11 is 12.0.